The average Bonchev–Trinajstić information content (AvgIpc) is 3.24. The van der Waals surface area contributed by atoms with E-state index in [-0.39, 0.29) is 10.5 Å². The lowest BCUT2D eigenvalue weighted by molar-refractivity contribution is -0.249. The third-order valence-electron chi connectivity index (χ3n) is 5.53. The van der Waals surface area contributed by atoms with E-state index in [1.165, 1.54) is 36.7 Å². The molecule has 5 nitrogen and oxygen atoms in total. The van der Waals surface area contributed by atoms with Crippen molar-refractivity contribution in [1.82, 2.24) is 4.98 Å². The van der Waals surface area contributed by atoms with E-state index in [1.807, 2.05) is 0 Å². The summed E-state index contributed by atoms with van der Waals surface area (Å²) < 4.78 is 119. The fourth-order valence-corrected chi connectivity index (χ4v) is 4.38. The van der Waals surface area contributed by atoms with Gasteiger partial charge >= 0.3 is 12.1 Å². The normalized spacial score (nSPS) is 16.8. The van der Waals surface area contributed by atoms with Crippen LogP contribution < -0.4 is 5.01 Å². The second-order valence-electron chi connectivity index (χ2n) is 8.09. The number of sulfone groups is 1. The molecule has 1 aromatic heterocycles. The third-order valence-corrected chi connectivity index (χ3v) is 6.64. The minimum Gasteiger partial charge on any atom is -0.264 e. The highest BCUT2D eigenvalue weighted by molar-refractivity contribution is 7.90. The Morgan fingerprint density at radius 3 is 2.31 bits per heavy atom. The van der Waals surface area contributed by atoms with Gasteiger partial charge in [-0.05, 0) is 41.5 Å². The van der Waals surface area contributed by atoms with Crippen molar-refractivity contribution in [2.45, 2.75) is 29.5 Å². The van der Waals surface area contributed by atoms with E-state index < -0.39 is 57.4 Å². The lowest BCUT2D eigenvalue weighted by Gasteiger charge is -2.24. The van der Waals surface area contributed by atoms with Gasteiger partial charge in [-0.25, -0.2) is 17.2 Å². The molecule has 0 N–H and O–H groups in total. The van der Waals surface area contributed by atoms with Crippen LogP contribution in [0.5, 0.6) is 0 Å². The number of rotatable bonds is 5. The minimum atomic E-state index is -5.94. The highest BCUT2D eigenvalue weighted by Gasteiger charge is 2.63. The number of benzene rings is 2. The summed E-state index contributed by atoms with van der Waals surface area (Å²) in [6.45, 7) is 0. The zero-order chi connectivity index (χ0) is 26.5. The van der Waals surface area contributed by atoms with Gasteiger partial charge in [0.2, 0.25) is 0 Å². The first-order valence-electron chi connectivity index (χ1n) is 10.2. The van der Waals surface area contributed by atoms with Crippen LogP contribution in [0.4, 0.5) is 36.4 Å². The number of pyridine rings is 1. The van der Waals surface area contributed by atoms with Crippen molar-refractivity contribution < 1.29 is 39.2 Å². The van der Waals surface area contributed by atoms with Crippen molar-refractivity contribution >= 4 is 21.2 Å². The number of alkyl halides is 5. The fourth-order valence-electron chi connectivity index (χ4n) is 3.72. The second kappa shape index (κ2) is 8.87. The Kier molecular flexibility index (Phi) is 6.31. The summed E-state index contributed by atoms with van der Waals surface area (Å²) in [5, 5.41) is 4.04. The highest BCUT2D eigenvalue weighted by Crippen LogP contribution is 2.45. The van der Waals surface area contributed by atoms with Crippen molar-refractivity contribution in [3.63, 3.8) is 0 Å². The van der Waals surface area contributed by atoms with Gasteiger partial charge in [0.25, 0.3) is 0 Å². The summed E-state index contributed by atoms with van der Waals surface area (Å²) in [5.74, 6) is -7.50. The maximum absolute atomic E-state index is 14.5. The molecule has 0 saturated carbocycles. The van der Waals surface area contributed by atoms with Crippen molar-refractivity contribution in [1.29, 1.82) is 0 Å². The highest BCUT2D eigenvalue weighted by atomic mass is 32.2. The lowest BCUT2D eigenvalue weighted by atomic mass is 9.97. The minimum absolute atomic E-state index is 0.00304. The van der Waals surface area contributed by atoms with Gasteiger partial charge in [0.05, 0.1) is 16.6 Å². The monoisotopic (exact) mass is 531 g/mol. The van der Waals surface area contributed by atoms with E-state index in [0.717, 1.165) is 18.4 Å². The van der Waals surface area contributed by atoms with Crippen LogP contribution in [0.2, 0.25) is 0 Å². The van der Waals surface area contributed by atoms with Crippen LogP contribution in [0.3, 0.4) is 0 Å². The summed E-state index contributed by atoms with van der Waals surface area (Å²) in [7, 11) is -3.56. The molecule has 0 saturated heterocycles. The Hall–Kier alpha value is -3.48. The number of anilines is 1. The van der Waals surface area contributed by atoms with Gasteiger partial charge in [-0.3, -0.25) is 9.99 Å². The molecule has 0 bridgehead atoms. The van der Waals surface area contributed by atoms with Gasteiger partial charge < -0.3 is 0 Å². The quantitative estimate of drug-likeness (QED) is 0.383. The van der Waals surface area contributed by atoms with Crippen LogP contribution in [-0.2, 0) is 9.84 Å². The molecule has 1 aliphatic rings. The van der Waals surface area contributed by atoms with E-state index in [0.29, 0.717) is 22.2 Å². The Morgan fingerprint density at radius 2 is 1.67 bits per heavy atom. The summed E-state index contributed by atoms with van der Waals surface area (Å²) in [6, 6.07) is 7.94. The van der Waals surface area contributed by atoms with Crippen molar-refractivity contribution in [3.05, 3.63) is 78.1 Å². The lowest BCUT2D eigenvalue weighted by Crippen LogP contribution is -2.43. The maximum Gasteiger partial charge on any atom is 0.459 e. The zero-order valence-corrected chi connectivity index (χ0v) is 19.1. The van der Waals surface area contributed by atoms with Gasteiger partial charge in [-0.15, -0.1) is 0 Å². The summed E-state index contributed by atoms with van der Waals surface area (Å²) >= 11 is 0. The van der Waals surface area contributed by atoms with Gasteiger partial charge in [-0.2, -0.15) is 27.1 Å². The standard InChI is InChI=1S/C23H16F7N3O2S/c1-36(34,35)17-4-2-3-13(8-17)14-7-15(12-31-11-14)20-10-21(22(26,27)23(28,29)30)32-33(20)19-6-5-16(24)9-18(19)25/h2-9,11-12,20H,10H2,1H3. The van der Waals surface area contributed by atoms with Crippen molar-refractivity contribution in [3.8, 4) is 11.1 Å². The van der Waals surface area contributed by atoms with E-state index >= 15 is 0 Å². The Balaban J connectivity index is 1.81. The Bertz CT molecular complexity index is 1460. The van der Waals surface area contributed by atoms with E-state index in [4.69, 9.17) is 0 Å². The molecular weight excluding hydrogens is 515 g/mol. The van der Waals surface area contributed by atoms with Crippen LogP contribution in [0.25, 0.3) is 11.1 Å². The van der Waals surface area contributed by atoms with Crippen LogP contribution in [-0.4, -0.2) is 37.5 Å². The van der Waals surface area contributed by atoms with Gasteiger partial charge in [0, 0.05) is 36.7 Å². The van der Waals surface area contributed by atoms with Crippen molar-refractivity contribution in [2.24, 2.45) is 5.10 Å². The van der Waals surface area contributed by atoms with Crippen molar-refractivity contribution in [2.75, 3.05) is 11.3 Å². The Morgan fingerprint density at radius 1 is 0.944 bits per heavy atom. The molecule has 3 aromatic rings. The summed E-state index contributed by atoms with van der Waals surface area (Å²) in [5.41, 5.74) is -1.26. The van der Waals surface area contributed by atoms with Crippen LogP contribution >= 0.6 is 0 Å². The van der Waals surface area contributed by atoms with Gasteiger partial charge in [0.1, 0.15) is 11.5 Å². The Labute approximate surface area is 200 Å². The zero-order valence-electron chi connectivity index (χ0n) is 18.3. The fraction of sp³-hybridized carbons (Fsp3) is 0.217. The topological polar surface area (TPSA) is 62.6 Å². The molecule has 0 spiro atoms. The van der Waals surface area contributed by atoms with E-state index in [1.54, 1.807) is 6.07 Å². The molecular formula is C23H16F7N3O2S. The maximum atomic E-state index is 14.5. The first-order chi connectivity index (χ1) is 16.7. The van der Waals surface area contributed by atoms with Gasteiger partial charge in [0.15, 0.2) is 15.7 Å². The molecule has 0 fully saturated rings. The summed E-state index contributed by atoms with van der Waals surface area (Å²) in [6.07, 6.45) is -3.34. The average molecular weight is 531 g/mol. The molecule has 0 radical (unpaired) electrons. The molecule has 0 aliphatic carbocycles. The molecule has 1 unspecified atom stereocenters. The first kappa shape index (κ1) is 25.6. The number of halogens is 7. The third kappa shape index (κ3) is 4.79. The number of nitrogens with zero attached hydrogens (tertiary/aromatic N) is 3. The smallest absolute Gasteiger partial charge is 0.264 e. The van der Waals surface area contributed by atoms with E-state index in [9.17, 15) is 39.2 Å². The van der Waals surface area contributed by atoms with Crippen LogP contribution in [0.15, 0.2) is 70.9 Å². The first-order valence-corrected chi connectivity index (χ1v) is 12.1. The molecule has 4 rings (SSSR count). The number of hydrogen-bond acceptors (Lipinski definition) is 5. The second-order valence-corrected chi connectivity index (χ2v) is 10.1. The largest absolute Gasteiger partial charge is 0.459 e. The SMILES string of the molecule is CS(=O)(=O)c1cccc(-c2cncc(C3CC(C(F)(F)C(F)(F)F)=NN3c3ccc(F)cc3F)c2)c1. The predicted octanol–water partition coefficient (Wildman–Crippen LogP) is 5.94. The molecule has 0 amide bonds. The molecule has 1 atom stereocenters. The molecule has 1 aliphatic heterocycles. The van der Waals surface area contributed by atoms with Crippen LogP contribution in [0.1, 0.15) is 18.0 Å². The summed E-state index contributed by atoms with van der Waals surface area (Å²) in [4.78, 5) is 4.00. The molecule has 36 heavy (non-hydrogen) atoms. The molecule has 2 heterocycles. The van der Waals surface area contributed by atoms with E-state index in [2.05, 4.69) is 10.1 Å². The van der Waals surface area contributed by atoms with Crippen LogP contribution in [0, 0.1) is 11.6 Å². The number of hydrogen-bond donors (Lipinski definition) is 0. The molecule has 2 aromatic carbocycles. The number of hydrazone groups is 1. The number of aromatic nitrogens is 1. The predicted molar refractivity (Wildman–Crippen MR) is 117 cm³/mol. The van der Waals surface area contributed by atoms with Gasteiger partial charge in [-0.1, -0.05) is 12.1 Å². The molecule has 190 valence electrons. The molecule has 13 heteroatoms.